The maximum absolute atomic E-state index is 5.09. The Kier molecular flexibility index (Phi) is 8.26. The molecule has 0 amide bonds. The zero-order valence-corrected chi connectivity index (χ0v) is 21.1. The van der Waals surface area contributed by atoms with Gasteiger partial charge in [0.05, 0.1) is 22.8 Å². The Balaban J connectivity index is 1.60. The number of benzene rings is 4. The topological polar surface area (TPSA) is 25.8 Å². The molecular weight excluding hydrogens is 460 g/mol. The van der Waals surface area contributed by atoms with Crippen LogP contribution in [0.2, 0.25) is 0 Å². The lowest BCUT2D eigenvalue weighted by Crippen LogP contribution is -1.99. The summed E-state index contributed by atoms with van der Waals surface area (Å²) in [6, 6.07) is 41.0. The number of nitrogens with zero attached hydrogens (tertiary/aromatic N) is 2. The molecular formula is C36H28N2. The fourth-order valence-corrected chi connectivity index (χ4v) is 3.94. The Morgan fingerprint density at radius 3 is 0.684 bits per heavy atom. The van der Waals surface area contributed by atoms with Crippen molar-refractivity contribution in [2.45, 2.75) is 0 Å². The van der Waals surface area contributed by atoms with Crippen LogP contribution in [0.15, 0.2) is 121 Å². The zero-order valence-electron chi connectivity index (χ0n) is 21.1. The quantitative estimate of drug-likeness (QED) is 0.218. The van der Waals surface area contributed by atoms with E-state index in [0.717, 1.165) is 45.0 Å². The largest absolute Gasteiger partial charge is 0.245 e. The Bertz CT molecular complexity index is 1320. The van der Waals surface area contributed by atoms with E-state index in [9.17, 15) is 0 Å². The third-order valence-corrected chi connectivity index (χ3v) is 5.94. The molecule has 5 aromatic rings. The average molecular weight is 489 g/mol. The standard InChI is InChI=1S/C36H28N2/c1-5-13-29(14-6-1)21-25-33-34(26-22-30-15-7-2-8-16-30)38-36(28-24-32-19-11-4-12-20-32)35(37-33)27-23-31-17-9-3-10-18-31/h1-28H/b25-21+,26-22+,27-23+,28-24+. The molecule has 1 heterocycles. The molecule has 2 heteroatoms. The number of hydrogen-bond acceptors (Lipinski definition) is 2. The minimum atomic E-state index is 0.811. The molecule has 0 bridgehead atoms. The minimum Gasteiger partial charge on any atom is -0.245 e. The van der Waals surface area contributed by atoms with Crippen LogP contribution >= 0.6 is 0 Å². The summed E-state index contributed by atoms with van der Waals surface area (Å²) < 4.78 is 0. The van der Waals surface area contributed by atoms with Crippen LogP contribution < -0.4 is 0 Å². The molecule has 0 saturated heterocycles. The summed E-state index contributed by atoms with van der Waals surface area (Å²) in [6.07, 6.45) is 16.5. The maximum Gasteiger partial charge on any atom is 0.0894 e. The van der Waals surface area contributed by atoms with Gasteiger partial charge in [0, 0.05) is 0 Å². The Labute approximate surface area is 224 Å². The van der Waals surface area contributed by atoms with E-state index in [-0.39, 0.29) is 0 Å². The van der Waals surface area contributed by atoms with Crippen molar-refractivity contribution in [3.05, 3.63) is 166 Å². The third-order valence-electron chi connectivity index (χ3n) is 5.94. The van der Waals surface area contributed by atoms with Crippen molar-refractivity contribution in [2.75, 3.05) is 0 Å². The molecule has 0 aliphatic heterocycles. The summed E-state index contributed by atoms with van der Waals surface area (Å²) in [7, 11) is 0. The van der Waals surface area contributed by atoms with Gasteiger partial charge >= 0.3 is 0 Å². The lowest BCUT2D eigenvalue weighted by atomic mass is 10.1. The summed E-state index contributed by atoms with van der Waals surface area (Å²) in [5.74, 6) is 0. The Morgan fingerprint density at radius 1 is 0.263 bits per heavy atom. The predicted molar refractivity (Wildman–Crippen MR) is 164 cm³/mol. The molecule has 5 rings (SSSR count). The molecule has 0 N–H and O–H groups in total. The van der Waals surface area contributed by atoms with Crippen LogP contribution in [0, 0.1) is 0 Å². The summed E-state index contributed by atoms with van der Waals surface area (Å²) in [4.78, 5) is 10.2. The van der Waals surface area contributed by atoms with E-state index in [1.807, 2.05) is 97.1 Å². The fourth-order valence-electron chi connectivity index (χ4n) is 3.94. The van der Waals surface area contributed by atoms with Crippen molar-refractivity contribution >= 4 is 48.6 Å². The number of rotatable bonds is 8. The molecule has 38 heavy (non-hydrogen) atoms. The first-order valence-corrected chi connectivity index (χ1v) is 12.7. The van der Waals surface area contributed by atoms with Crippen molar-refractivity contribution < 1.29 is 0 Å². The van der Waals surface area contributed by atoms with Gasteiger partial charge in [-0.05, 0) is 46.6 Å². The lowest BCUT2D eigenvalue weighted by Gasteiger charge is -2.07. The molecule has 0 unspecified atom stereocenters. The summed E-state index contributed by atoms with van der Waals surface area (Å²) in [5.41, 5.74) is 7.69. The highest BCUT2D eigenvalue weighted by atomic mass is 14.8. The van der Waals surface area contributed by atoms with Crippen molar-refractivity contribution in [2.24, 2.45) is 0 Å². The summed E-state index contributed by atoms with van der Waals surface area (Å²) in [5, 5.41) is 0. The van der Waals surface area contributed by atoms with Crippen LogP contribution in [-0.2, 0) is 0 Å². The van der Waals surface area contributed by atoms with Gasteiger partial charge in [-0.2, -0.15) is 0 Å². The normalized spacial score (nSPS) is 11.8. The van der Waals surface area contributed by atoms with E-state index < -0.39 is 0 Å². The van der Waals surface area contributed by atoms with Crippen molar-refractivity contribution in [3.8, 4) is 0 Å². The molecule has 0 radical (unpaired) electrons. The van der Waals surface area contributed by atoms with Crippen molar-refractivity contribution in [1.29, 1.82) is 0 Å². The number of hydrogen-bond donors (Lipinski definition) is 0. The van der Waals surface area contributed by atoms with Gasteiger partial charge in [0.2, 0.25) is 0 Å². The average Bonchev–Trinajstić information content (AvgIpc) is 2.99. The van der Waals surface area contributed by atoms with E-state index in [4.69, 9.17) is 9.97 Å². The highest BCUT2D eigenvalue weighted by Gasteiger charge is 2.08. The zero-order chi connectivity index (χ0) is 25.8. The second-order valence-corrected chi connectivity index (χ2v) is 8.74. The molecule has 2 nitrogen and oxygen atoms in total. The molecule has 0 fully saturated rings. The van der Waals surface area contributed by atoms with E-state index in [1.54, 1.807) is 0 Å². The van der Waals surface area contributed by atoms with Crippen molar-refractivity contribution in [1.82, 2.24) is 9.97 Å². The van der Waals surface area contributed by atoms with Crippen LogP contribution in [0.1, 0.15) is 45.0 Å². The van der Waals surface area contributed by atoms with E-state index >= 15 is 0 Å². The monoisotopic (exact) mass is 488 g/mol. The van der Waals surface area contributed by atoms with Crippen LogP contribution in [0.4, 0.5) is 0 Å². The van der Waals surface area contributed by atoms with Gasteiger partial charge in [-0.3, -0.25) is 0 Å². The van der Waals surface area contributed by atoms with Gasteiger partial charge in [0.25, 0.3) is 0 Å². The molecule has 1 aromatic heterocycles. The minimum absolute atomic E-state index is 0.811. The Morgan fingerprint density at radius 2 is 0.474 bits per heavy atom. The molecule has 0 spiro atoms. The molecule has 0 atom stereocenters. The molecule has 0 aliphatic carbocycles. The molecule has 4 aromatic carbocycles. The predicted octanol–water partition coefficient (Wildman–Crippen LogP) is 9.16. The highest BCUT2D eigenvalue weighted by molar-refractivity contribution is 5.81. The summed E-state index contributed by atoms with van der Waals surface area (Å²) >= 11 is 0. The summed E-state index contributed by atoms with van der Waals surface area (Å²) in [6.45, 7) is 0. The molecule has 0 aliphatic rings. The van der Waals surface area contributed by atoms with Gasteiger partial charge in [-0.15, -0.1) is 0 Å². The first-order valence-electron chi connectivity index (χ1n) is 12.7. The van der Waals surface area contributed by atoms with Crippen LogP contribution in [0.25, 0.3) is 48.6 Å². The van der Waals surface area contributed by atoms with Crippen molar-refractivity contribution in [3.63, 3.8) is 0 Å². The first-order chi connectivity index (χ1) is 18.8. The maximum atomic E-state index is 5.09. The molecule has 0 saturated carbocycles. The van der Waals surface area contributed by atoms with Gasteiger partial charge in [0.15, 0.2) is 0 Å². The van der Waals surface area contributed by atoms with Crippen LogP contribution in [-0.4, -0.2) is 9.97 Å². The SMILES string of the molecule is C(=C\c1nc(/C=C/c2ccccc2)c(/C=C/c2ccccc2)nc1/C=C/c1ccccc1)/c1ccccc1. The second-order valence-electron chi connectivity index (χ2n) is 8.74. The van der Waals surface area contributed by atoms with E-state index in [2.05, 4.69) is 72.8 Å². The van der Waals surface area contributed by atoms with Crippen LogP contribution in [0.5, 0.6) is 0 Å². The second kappa shape index (κ2) is 12.8. The van der Waals surface area contributed by atoms with E-state index in [1.165, 1.54) is 0 Å². The first kappa shape index (κ1) is 24.6. The van der Waals surface area contributed by atoms with Gasteiger partial charge in [0.1, 0.15) is 0 Å². The number of aromatic nitrogens is 2. The van der Waals surface area contributed by atoms with Gasteiger partial charge in [-0.25, -0.2) is 9.97 Å². The van der Waals surface area contributed by atoms with Gasteiger partial charge < -0.3 is 0 Å². The lowest BCUT2D eigenvalue weighted by molar-refractivity contribution is 1.12. The highest BCUT2D eigenvalue weighted by Crippen LogP contribution is 2.20. The third kappa shape index (κ3) is 6.99. The van der Waals surface area contributed by atoms with Gasteiger partial charge in [-0.1, -0.05) is 146 Å². The Hall–Kier alpha value is -5.08. The van der Waals surface area contributed by atoms with Crippen LogP contribution in [0.3, 0.4) is 0 Å². The molecule has 182 valence electrons. The van der Waals surface area contributed by atoms with E-state index in [0.29, 0.717) is 0 Å². The fraction of sp³-hybridized carbons (Fsp3) is 0. The smallest absolute Gasteiger partial charge is 0.0894 e.